The van der Waals surface area contributed by atoms with E-state index in [0.717, 1.165) is 0 Å². The summed E-state index contributed by atoms with van der Waals surface area (Å²) in [7, 11) is 0. The maximum Gasteiger partial charge on any atom is 0.462 e. The number of anilines is 1. The number of ether oxygens (including phenoxy) is 1. The van der Waals surface area contributed by atoms with Gasteiger partial charge in [-0.05, 0) is 0 Å². The zero-order chi connectivity index (χ0) is 23.3. The van der Waals surface area contributed by atoms with Crippen LogP contribution >= 0.6 is 11.3 Å². The minimum Gasteiger partial charge on any atom is -0.295 e. The molecule has 1 atom stereocenters. The number of aromatic nitrogens is 2. The molecule has 0 radical (unpaired) electrons. The van der Waals surface area contributed by atoms with Crippen LogP contribution in [0.2, 0.25) is 0 Å². The minimum absolute atomic E-state index is 0.521. The SMILES string of the molecule is O=C(Nc1nnc(C(F)(F)F)s1)[C@@](F)(OC(F)(F)C(F)(F)C(F)(F)F)C(F)(F)F. The third-order valence-corrected chi connectivity index (χ3v) is 3.42. The second-order valence-electron chi connectivity index (χ2n) is 4.65. The first-order valence-electron chi connectivity index (χ1n) is 6.06. The number of alkyl halides is 14. The third kappa shape index (κ3) is 4.78. The van der Waals surface area contributed by atoms with Crippen molar-refractivity contribution in [1.82, 2.24) is 10.2 Å². The summed E-state index contributed by atoms with van der Waals surface area (Å²) in [4.78, 5) is 11.3. The monoisotopic (exact) mass is 481 g/mol. The summed E-state index contributed by atoms with van der Waals surface area (Å²) in [6.07, 6.45) is -26.8. The molecule has 1 aromatic rings. The molecular weight excluding hydrogens is 480 g/mol. The molecule has 0 aliphatic rings. The molecule has 0 aliphatic carbocycles. The fraction of sp³-hybridized carbons (Fsp3) is 0.667. The van der Waals surface area contributed by atoms with E-state index in [4.69, 9.17) is 0 Å². The van der Waals surface area contributed by atoms with E-state index in [1.165, 1.54) is 0 Å². The minimum atomic E-state index is -7.41. The lowest BCUT2D eigenvalue weighted by atomic mass is 10.2. The molecule has 1 N–H and O–H groups in total. The second-order valence-corrected chi connectivity index (χ2v) is 5.63. The van der Waals surface area contributed by atoms with Gasteiger partial charge in [-0.1, -0.05) is 11.3 Å². The molecule has 168 valence electrons. The Morgan fingerprint density at radius 3 is 1.62 bits per heavy atom. The Bertz CT molecular complexity index is 753. The van der Waals surface area contributed by atoms with Crippen LogP contribution in [0.1, 0.15) is 5.01 Å². The van der Waals surface area contributed by atoms with Crippen molar-refractivity contribution in [2.24, 2.45) is 0 Å². The van der Waals surface area contributed by atoms with E-state index in [1.54, 1.807) is 0 Å². The Morgan fingerprint density at radius 1 is 0.793 bits per heavy atom. The van der Waals surface area contributed by atoms with Gasteiger partial charge in [0.15, 0.2) is 0 Å². The van der Waals surface area contributed by atoms with Gasteiger partial charge in [-0.2, -0.15) is 61.5 Å². The van der Waals surface area contributed by atoms with Crippen molar-refractivity contribution in [2.75, 3.05) is 5.32 Å². The predicted octanol–water partition coefficient (Wildman–Crippen LogP) is 4.53. The average Bonchev–Trinajstić information content (AvgIpc) is 2.92. The maximum atomic E-state index is 13.8. The number of amides is 1. The molecule has 0 spiro atoms. The molecular formula is C9HF14N3O2S. The van der Waals surface area contributed by atoms with E-state index >= 15 is 0 Å². The molecule has 5 nitrogen and oxygen atoms in total. The van der Waals surface area contributed by atoms with Crippen LogP contribution in [-0.2, 0) is 15.7 Å². The summed E-state index contributed by atoms with van der Waals surface area (Å²) in [6, 6.07) is 0. The van der Waals surface area contributed by atoms with Gasteiger partial charge in [0.1, 0.15) is 0 Å². The van der Waals surface area contributed by atoms with Crippen molar-refractivity contribution in [1.29, 1.82) is 0 Å². The van der Waals surface area contributed by atoms with Gasteiger partial charge in [-0.25, -0.2) is 0 Å². The predicted molar refractivity (Wildman–Crippen MR) is 60.5 cm³/mol. The molecule has 1 heterocycles. The van der Waals surface area contributed by atoms with Gasteiger partial charge >= 0.3 is 42.3 Å². The van der Waals surface area contributed by atoms with Crippen LogP contribution in [0.5, 0.6) is 0 Å². The number of carbonyl (C=O) groups is 1. The molecule has 0 saturated heterocycles. The third-order valence-electron chi connectivity index (χ3n) is 2.53. The topological polar surface area (TPSA) is 64.1 Å². The number of hydrogen-bond acceptors (Lipinski definition) is 5. The molecule has 0 aromatic carbocycles. The smallest absolute Gasteiger partial charge is 0.295 e. The fourth-order valence-corrected chi connectivity index (χ4v) is 1.81. The fourth-order valence-electron chi connectivity index (χ4n) is 1.20. The molecule has 0 saturated carbocycles. The summed E-state index contributed by atoms with van der Waals surface area (Å²) in [5, 5.41) is 1.69. The van der Waals surface area contributed by atoms with E-state index in [9.17, 15) is 66.3 Å². The lowest BCUT2D eigenvalue weighted by Gasteiger charge is -2.33. The molecule has 0 unspecified atom stereocenters. The largest absolute Gasteiger partial charge is 0.462 e. The van der Waals surface area contributed by atoms with Crippen LogP contribution < -0.4 is 5.32 Å². The highest BCUT2D eigenvalue weighted by Crippen LogP contribution is 2.51. The zero-order valence-corrected chi connectivity index (χ0v) is 13.2. The molecule has 1 amide bonds. The summed E-state index contributed by atoms with van der Waals surface area (Å²) >= 11 is -0.762. The highest BCUT2D eigenvalue weighted by molar-refractivity contribution is 7.15. The summed E-state index contributed by atoms with van der Waals surface area (Å²) < 4.78 is 177. The van der Waals surface area contributed by atoms with E-state index in [1.807, 2.05) is 4.74 Å². The van der Waals surface area contributed by atoms with Crippen LogP contribution in [0, 0.1) is 0 Å². The molecule has 0 bridgehead atoms. The standard InChI is InChI=1S/C9HF14N3O2S/c10-4(7(16,17)18,28-9(22,23)6(14,15)8(19,20)21)1(27)24-3-26-25-2(29-3)5(11,12)13/h(H,24,26,27)/t4-/m1/s1. The molecule has 0 aliphatic heterocycles. The van der Waals surface area contributed by atoms with E-state index in [2.05, 4.69) is 10.2 Å². The van der Waals surface area contributed by atoms with Crippen LogP contribution in [0.15, 0.2) is 0 Å². The average molecular weight is 481 g/mol. The number of nitrogens with zero attached hydrogens (tertiary/aromatic N) is 2. The van der Waals surface area contributed by atoms with Gasteiger partial charge in [0.2, 0.25) is 10.1 Å². The van der Waals surface area contributed by atoms with Crippen LogP contribution in [0.4, 0.5) is 66.6 Å². The maximum absolute atomic E-state index is 13.8. The van der Waals surface area contributed by atoms with Gasteiger partial charge < -0.3 is 0 Å². The lowest BCUT2D eigenvalue weighted by molar-refractivity contribution is -0.472. The zero-order valence-electron chi connectivity index (χ0n) is 12.4. The van der Waals surface area contributed by atoms with E-state index < -0.39 is 63.8 Å². The molecule has 29 heavy (non-hydrogen) atoms. The molecule has 1 aromatic heterocycles. The first-order chi connectivity index (χ1) is 12.6. The number of carbonyl (C=O) groups excluding carboxylic acids is 1. The Labute approximate surface area is 151 Å². The van der Waals surface area contributed by atoms with E-state index in [-0.39, 0.29) is 0 Å². The highest BCUT2D eigenvalue weighted by atomic mass is 32.1. The number of halogens is 14. The first kappa shape index (κ1) is 25.0. The summed E-state index contributed by atoms with van der Waals surface area (Å²) in [5.41, 5.74) is 0. The highest BCUT2D eigenvalue weighted by Gasteiger charge is 2.79. The first-order valence-corrected chi connectivity index (χ1v) is 6.88. The lowest BCUT2D eigenvalue weighted by Crippen LogP contribution is -2.62. The Morgan fingerprint density at radius 2 is 1.28 bits per heavy atom. The van der Waals surface area contributed by atoms with Crippen LogP contribution in [0.3, 0.4) is 0 Å². The quantitative estimate of drug-likeness (QED) is 0.629. The normalized spacial score (nSPS) is 16.5. The number of rotatable bonds is 5. The van der Waals surface area contributed by atoms with Crippen molar-refractivity contribution in [3.05, 3.63) is 5.01 Å². The molecule has 20 heteroatoms. The van der Waals surface area contributed by atoms with Crippen molar-refractivity contribution < 1.29 is 71.0 Å². The van der Waals surface area contributed by atoms with Gasteiger partial charge in [-0.3, -0.25) is 14.8 Å². The number of nitrogens with one attached hydrogen (secondary N) is 1. The Balaban J connectivity index is 3.28. The second kappa shape index (κ2) is 7.06. The van der Waals surface area contributed by atoms with Gasteiger partial charge in [0, 0.05) is 0 Å². The summed E-state index contributed by atoms with van der Waals surface area (Å²) in [5.74, 6) is -17.5. The van der Waals surface area contributed by atoms with Crippen LogP contribution in [0.25, 0.3) is 0 Å². The summed E-state index contributed by atoms with van der Waals surface area (Å²) in [6.45, 7) is 0. The number of hydrogen-bond donors (Lipinski definition) is 1. The van der Waals surface area contributed by atoms with Gasteiger partial charge in [0.05, 0.1) is 0 Å². The molecule has 1 rings (SSSR count). The van der Waals surface area contributed by atoms with Crippen molar-refractivity contribution >= 4 is 22.4 Å². The van der Waals surface area contributed by atoms with Gasteiger partial charge in [-0.15, -0.1) is 10.2 Å². The Kier molecular flexibility index (Phi) is 6.10. The Hall–Kier alpha value is -1.99. The van der Waals surface area contributed by atoms with Gasteiger partial charge in [0.25, 0.3) is 0 Å². The van der Waals surface area contributed by atoms with Crippen molar-refractivity contribution in [3.8, 4) is 0 Å². The van der Waals surface area contributed by atoms with Crippen molar-refractivity contribution in [2.45, 2.75) is 36.4 Å². The van der Waals surface area contributed by atoms with E-state index in [0.29, 0.717) is 5.32 Å². The van der Waals surface area contributed by atoms with Crippen LogP contribution in [-0.4, -0.2) is 46.3 Å². The van der Waals surface area contributed by atoms with Crippen molar-refractivity contribution in [3.63, 3.8) is 0 Å². The molecule has 0 fully saturated rings.